The van der Waals surface area contributed by atoms with E-state index in [1.165, 1.54) is 11.7 Å². The van der Waals surface area contributed by atoms with Gasteiger partial charge in [-0.2, -0.15) is 0 Å². The average molecular weight is 370 g/mol. The summed E-state index contributed by atoms with van der Waals surface area (Å²) in [5, 5.41) is 7.79. The van der Waals surface area contributed by atoms with Crippen molar-refractivity contribution in [1.82, 2.24) is 19.7 Å². The third kappa shape index (κ3) is 3.48. The summed E-state index contributed by atoms with van der Waals surface area (Å²) in [4.78, 5) is 26.3. The van der Waals surface area contributed by atoms with Crippen LogP contribution in [-0.2, 0) is 11.3 Å². The second kappa shape index (κ2) is 7.10. The molecule has 4 rings (SSSR count). The molecule has 1 aliphatic rings. The number of benzene rings is 1. The number of rotatable bonds is 5. The molecule has 0 saturated carbocycles. The zero-order valence-corrected chi connectivity index (χ0v) is 14.7. The van der Waals surface area contributed by atoms with E-state index in [4.69, 9.17) is 13.9 Å². The SMILES string of the molecule is COc1ccc(O[C@H]2CCN(C(=O)Cn3c(=O)oc4ccccc43)C2)nn1. The van der Waals surface area contributed by atoms with Crippen molar-refractivity contribution < 1.29 is 18.7 Å². The van der Waals surface area contributed by atoms with Crippen molar-refractivity contribution in [2.24, 2.45) is 0 Å². The number of amides is 1. The molecule has 27 heavy (non-hydrogen) atoms. The van der Waals surface area contributed by atoms with E-state index in [1.807, 2.05) is 0 Å². The van der Waals surface area contributed by atoms with Crippen molar-refractivity contribution in [3.8, 4) is 11.8 Å². The van der Waals surface area contributed by atoms with Crippen molar-refractivity contribution >= 4 is 17.0 Å². The van der Waals surface area contributed by atoms with Gasteiger partial charge in [0.2, 0.25) is 17.7 Å². The van der Waals surface area contributed by atoms with Crippen LogP contribution in [0.1, 0.15) is 6.42 Å². The zero-order valence-electron chi connectivity index (χ0n) is 14.7. The predicted molar refractivity (Wildman–Crippen MR) is 94.7 cm³/mol. The monoisotopic (exact) mass is 370 g/mol. The van der Waals surface area contributed by atoms with Crippen LogP contribution in [-0.4, -0.2) is 51.9 Å². The van der Waals surface area contributed by atoms with Gasteiger partial charge in [0.05, 0.1) is 19.2 Å². The third-order valence-electron chi connectivity index (χ3n) is 4.48. The van der Waals surface area contributed by atoms with Crippen LogP contribution in [0.25, 0.3) is 11.1 Å². The van der Waals surface area contributed by atoms with Crippen LogP contribution in [0.3, 0.4) is 0 Å². The number of nitrogens with zero attached hydrogens (tertiary/aromatic N) is 4. The molecule has 1 aliphatic heterocycles. The van der Waals surface area contributed by atoms with Crippen molar-refractivity contribution in [2.45, 2.75) is 19.1 Å². The molecule has 0 unspecified atom stereocenters. The molecule has 3 heterocycles. The maximum atomic E-state index is 12.6. The molecule has 0 spiro atoms. The predicted octanol–water partition coefficient (Wildman–Crippen LogP) is 1.07. The molecular formula is C18H18N4O5. The summed E-state index contributed by atoms with van der Waals surface area (Å²) in [5.74, 6) is 0.0936. The van der Waals surface area contributed by atoms with Gasteiger partial charge in [-0.05, 0) is 12.1 Å². The fraction of sp³-hybridized carbons (Fsp3) is 0.333. The summed E-state index contributed by atoms with van der Waals surface area (Å²) in [7, 11) is 1.51. The van der Waals surface area contributed by atoms with Gasteiger partial charge >= 0.3 is 5.76 Å². The molecule has 0 N–H and O–H groups in total. The summed E-state index contributed by atoms with van der Waals surface area (Å²) in [6, 6.07) is 10.4. The molecule has 1 atom stereocenters. The third-order valence-corrected chi connectivity index (χ3v) is 4.48. The quantitative estimate of drug-likeness (QED) is 0.662. The number of methoxy groups -OCH3 is 1. The van der Waals surface area contributed by atoms with Crippen LogP contribution in [0.4, 0.5) is 0 Å². The Morgan fingerprint density at radius 3 is 2.78 bits per heavy atom. The summed E-state index contributed by atoms with van der Waals surface area (Å²) >= 11 is 0. The van der Waals surface area contributed by atoms with Crippen LogP contribution in [0.15, 0.2) is 45.6 Å². The van der Waals surface area contributed by atoms with Gasteiger partial charge in [-0.25, -0.2) is 4.79 Å². The fourth-order valence-electron chi connectivity index (χ4n) is 3.10. The van der Waals surface area contributed by atoms with E-state index in [0.717, 1.165) is 0 Å². The van der Waals surface area contributed by atoms with Gasteiger partial charge in [0.25, 0.3) is 0 Å². The highest BCUT2D eigenvalue weighted by Crippen LogP contribution is 2.18. The van der Waals surface area contributed by atoms with E-state index in [0.29, 0.717) is 42.4 Å². The Hall–Kier alpha value is -3.36. The molecule has 0 bridgehead atoms. The first kappa shape index (κ1) is 17.1. The minimum atomic E-state index is -0.537. The number of hydrogen-bond donors (Lipinski definition) is 0. The van der Waals surface area contributed by atoms with Crippen molar-refractivity contribution in [1.29, 1.82) is 0 Å². The van der Waals surface area contributed by atoms with Crippen molar-refractivity contribution in [3.05, 3.63) is 46.9 Å². The number of hydrogen-bond acceptors (Lipinski definition) is 7. The van der Waals surface area contributed by atoms with Gasteiger partial charge in [-0.15, -0.1) is 10.2 Å². The van der Waals surface area contributed by atoms with Crippen molar-refractivity contribution in [2.75, 3.05) is 20.2 Å². The van der Waals surface area contributed by atoms with Crippen LogP contribution in [0.5, 0.6) is 11.8 Å². The zero-order chi connectivity index (χ0) is 18.8. The summed E-state index contributed by atoms with van der Waals surface area (Å²) in [5.41, 5.74) is 1.08. The molecule has 2 aromatic heterocycles. The highest BCUT2D eigenvalue weighted by molar-refractivity contribution is 5.79. The number of para-hydroxylation sites is 2. The van der Waals surface area contributed by atoms with E-state index in [1.54, 1.807) is 41.3 Å². The van der Waals surface area contributed by atoms with Crippen LogP contribution >= 0.6 is 0 Å². The normalized spacial score (nSPS) is 16.6. The lowest BCUT2D eigenvalue weighted by molar-refractivity contribution is -0.131. The second-order valence-corrected chi connectivity index (χ2v) is 6.20. The Morgan fingerprint density at radius 2 is 2.00 bits per heavy atom. The number of likely N-dealkylation sites (tertiary alicyclic amines) is 1. The molecule has 3 aromatic rings. The van der Waals surface area contributed by atoms with Crippen molar-refractivity contribution in [3.63, 3.8) is 0 Å². The Bertz CT molecular complexity index is 1010. The van der Waals surface area contributed by atoms with Gasteiger partial charge in [0.1, 0.15) is 12.6 Å². The molecule has 9 nitrogen and oxygen atoms in total. The van der Waals surface area contributed by atoms with Gasteiger partial charge < -0.3 is 18.8 Å². The number of carbonyl (C=O) groups excluding carboxylic acids is 1. The number of fused-ring (bicyclic) bond motifs is 1. The Kier molecular flexibility index (Phi) is 4.49. The molecule has 9 heteroatoms. The maximum Gasteiger partial charge on any atom is 0.420 e. The summed E-state index contributed by atoms with van der Waals surface area (Å²) < 4.78 is 17.3. The molecule has 0 aliphatic carbocycles. The Balaban J connectivity index is 1.40. The van der Waals surface area contributed by atoms with E-state index in [9.17, 15) is 9.59 Å². The number of ether oxygens (including phenoxy) is 2. The largest absolute Gasteiger partial charge is 0.480 e. The molecule has 0 radical (unpaired) electrons. The molecule has 1 aromatic carbocycles. The minimum absolute atomic E-state index is 0.0646. The first-order chi connectivity index (χ1) is 13.1. The summed E-state index contributed by atoms with van der Waals surface area (Å²) in [6.45, 7) is 0.916. The van der Waals surface area contributed by atoms with E-state index in [-0.39, 0.29) is 18.6 Å². The number of aromatic nitrogens is 3. The number of carbonyl (C=O) groups is 1. The lowest BCUT2D eigenvalue weighted by Gasteiger charge is -2.17. The number of oxazole rings is 1. The highest BCUT2D eigenvalue weighted by atomic mass is 16.5. The van der Waals surface area contributed by atoms with Gasteiger partial charge in [0.15, 0.2) is 5.58 Å². The van der Waals surface area contributed by atoms with E-state index < -0.39 is 5.76 Å². The average Bonchev–Trinajstić information content (AvgIpc) is 3.27. The van der Waals surface area contributed by atoms with Crippen LogP contribution in [0.2, 0.25) is 0 Å². The van der Waals surface area contributed by atoms with Gasteiger partial charge in [-0.3, -0.25) is 9.36 Å². The Morgan fingerprint density at radius 1 is 1.22 bits per heavy atom. The molecule has 1 saturated heterocycles. The highest BCUT2D eigenvalue weighted by Gasteiger charge is 2.28. The minimum Gasteiger partial charge on any atom is -0.480 e. The second-order valence-electron chi connectivity index (χ2n) is 6.20. The first-order valence-electron chi connectivity index (χ1n) is 8.54. The molecule has 1 fully saturated rings. The van der Waals surface area contributed by atoms with Gasteiger partial charge in [0, 0.05) is 25.1 Å². The van der Waals surface area contributed by atoms with Gasteiger partial charge in [-0.1, -0.05) is 12.1 Å². The fourth-order valence-corrected chi connectivity index (χ4v) is 3.10. The lowest BCUT2D eigenvalue weighted by atomic mass is 10.3. The molecular weight excluding hydrogens is 352 g/mol. The maximum absolute atomic E-state index is 12.6. The van der Waals surface area contributed by atoms with E-state index in [2.05, 4.69) is 10.2 Å². The topological polar surface area (TPSA) is 99.7 Å². The van der Waals surface area contributed by atoms with Crippen LogP contribution < -0.4 is 15.2 Å². The standard InChI is InChI=1S/C18H18N4O5/c1-25-15-6-7-16(20-19-15)26-12-8-9-21(10-12)17(23)11-22-13-4-2-3-5-14(13)27-18(22)24/h2-7,12H,8-11H2,1H3/t12-/m0/s1. The first-order valence-corrected chi connectivity index (χ1v) is 8.54. The summed E-state index contributed by atoms with van der Waals surface area (Å²) in [6.07, 6.45) is 0.509. The molecule has 1 amide bonds. The van der Waals surface area contributed by atoms with E-state index >= 15 is 0 Å². The van der Waals surface area contributed by atoms with Crippen LogP contribution in [0, 0.1) is 0 Å². The lowest BCUT2D eigenvalue weighted by Crippen LogP contribution is -2.35. The molecule has 140 valence electrons. The Labute approximate surface area is 154 Å². The smallest absolute Gasteiger partial charge is 0.420 e.